The van der Waals surface area contributed by atoms with E-state index >= 15 is 0 Å². The number of rotatable bonds is 11. The smallest absolute Gasteiger partial charge is 0.270 e. The van der Waals surface area contributed by atoms with Crippen molar-refractivity contribution in [1.82, 2.24) is 9.88 Å². The number of hydrogen-bond donors (Lipinski definition) is 1. The highest BCUT2D eigenvalue weighted by Gasteiger charge is 2.25. The third kappa shape index (κ3) is 6.87. The lowest BCUT2D eigenvalue weighted by Gasteiger charge is -2.20. The van der Waals surface area contributed by atoms with Crippen LogP contribution in [0.25, 0.3) is 10.9 Å². The Labute approximate surface area is 238 Å². The van der Waals surface area contributed by atoms with E-state index < -0.39 is 10.8 Å². The molecule has 4 aromatic carbocycles. The van der Waals surface area contributed by atoms with Crippen LogP contribution < -0.4 is 5.32 Å². The largest absolute Gasteiger partial charge is 0.354 e. The van der Waals surface area contributed by atoms with Gasteiger partial charge in [0.05, 0.1) is 4.92 Å². The van der Waals surface area contributed by atoms with Gasteiger partial charge in [0.2, 0.25) is 5.91 Å². The summed E-state index contributed by atoms with van der Waals surface area (Å²) in [6.07, 6.45) is 3.73. The van der Waals surface area contributed by atoms with Gasteiger partial charge in [0.1, 0.15) is 5.82 Å². The number of nitro groups is 1. The number of aromatic nitrogens is 1. The normalized spacial score (nSPS) is 12.6. The fourth-order valence-corrected chi connectivity index (χ4v) is 5.34. The molecule has 0 radical (unpaired) electrons. The van der Waals surface area contributed by atoms with E-state index in [1.807, 2.05) is 61.7 Å². The van der Waals surface area contributed by atoms with Crippen molar-refractivity contribution in [2.45, 2.75) is 44.7 Å². The van der Waals surface area contributed by atoms with Crippen LogP contribution in [0.2, 0.25) is 0 Å². The van der Waals surface area contributed by atoms with Crippen LogP contribution in [0.5, 0.6) is 0 Å². The molecule has 1 aromatic heterocycles. The molecule has 0 aliphatic carbocycles. The van der Waals surface area contributed by atoms with Gasteiger partial charge in [-0.05, 0) is 60.2 Å². The Balaban J connectivity index is 1.48. The summed E-state index contributed by atoms with van der Waals surface area (Å²) in [7, 11) is 0. The number of carbonyl (C=O) groups excluding carboxylic acids is 1. The number of nitrogens with zero attached hydrogens (tertiary/aromatic N) is 2. The Bertz CT molecular complexity index is 1630. The first-order valence-corrected chi connectivity index (χ1v) is 13.8. The number of nitro benzene ring substituents is 1. The standard InChI is InChI=1S/C34H32FN3O3/c1-24(12-13-25-8-4-2-5-9-25)36-34(39)21-30(27-14-16-28(35)17-15-27)32-23-37(22-26-10-6-3-7-11-26)33-19-18-29(38(40)41)20-31(32)33/h2-11,14-20,23-24,30H,12-13,21-22H2,1H3,(H,36,39). The van der Waals surface area contributed by atoms with E-state index in [0.717, 1.165) is 35.0 Å². The molecule has 5 aromatic rings. The molecule has 0 aliphatic rings. The maximum absolute atomic E-state index is 13.9. The lowest BCUT2D eigenvalue weighted by molar-refractivity contribution is -0.384. The topological polar surface area (TPSA) is 77.2 Å². The van der Waals surface area contributed by atoms with Crippen molar-refractivity contribution in [1.29, 1.82) is 0 Å². The first-order chi connectivity index (χ1) is 19.9. The summed E-state index contributed by atoms with van der Waals surface area (Å²) in [6, 6.07) is 31.0. The molecule has 0 aliphatic heterocycles. The van der Waals surface area contributed by atoms with Crippen molar-refractivity contribution in [3.63, 3.8) is 0 Å². The molecule has 1 amide bonds. The van der Waals surface area contributed by atoms with Gasteiger partial charge in [-0.3, -0.25) is 14.9 Å². The summed E-state index contributed by atoms with van der Waals surface area (Å²) in [5.74, 6) is -0.929. The molecule has 0 fully saturated rings. The van der Waals surface area contributed by atoms with E-state index in [1.54, 1.807) is 24.3 Å². The lowest BCUT2D eigenvalue weighted by Crippen LogP contribution is -2.33. The maximum atomic E-state index is 13.9. The van der Waals surface area contributed by atoms with Crippen LogP contribution >= 0.6 is 0 Å². The molecule has 0 bridgehead atoms. The zero-order valence-corrected chi connectivity index (χ0v) is 22.9. The van der Waals surface area contributed by atoms with Crippen LogP contribution in [0.15, 0.2) is 109 Å². The van der Waals surface area contributed by atoms with E-state index in [4.69, 9.17) is 0 Å². The second kappa shape index (κ2) is 12.6. The van der Waals surface area contributed by atoms with Crippen LogP contribution in [0, 0.1) is 15.9 Å². The van der Waals surface area contributed by atoms with Gasteiger partial charge in [-0.1, -0.05) is 72.8 Å². The predicted octanol–water partition coefficient (Wildman–Crippen LogP) is 7.40. The summed E-state index contributed by atoms with van der Waals surface area (Å²) in [4.78, 5) is 24.7. The van der Waals surface area contributed by atoms with Gasteiger partial charge >= 0.3 is 0 Å². The molecule has 0 saturated heterocycles. The highest BCUT2D eigenvalue weighted by atomic mass is 19.1. The Morgan fingerprint density at radius 1 is 0.927 bits per heavy atom. The van der Waals surface area contributed by atoms with Gasteiger partial charge < -0.3 is 9.88 Å². The van der Waals surface area contributed by atoms with Crippen LogP contribution in [-0.4, -0.2) is 21.4 Å². The molecule has 2 unspecified atom stereocenters. The molecule has 1 N–H and O–H groups in total. The highest BCUT2D eigenvalue weighted by Crippen LogP contribution is 2.37. The van der Waals surface area contributed by atoms with E-state index in [2.05, 4.69) is 22.0 Å². The molecule has 208 valence electrons. The number of halogens is 1. The van der Waals surface area contributed by atoms with Gasteiger partial charge in [-0.2, -0.15) is 0 Å². The van der Waals surface area contributed by atoms with E-state index in [1.165, 1.54) is 23.8 Å². The van der Waals surface area contributed by atoms with Gasteiger partial charge in [0, 0.05) is 54.2 Å². The van der Waals surface area contributed by atoms with Crippen molar-refractivity contribution in [2.75, 3.05) is 0 Å². The fourth-order valence-electron chi connectivity index (χ4n) is 5.34. The number of hydrogen-bond acceptors (Lipinski definition) is 3. The van der Waals surface area contributed by atoms with Crippen LogP contribution in [-0.2, 0) is 17.8 Å². The average Bonchev–Trinajstić information content (AvgIpc) is 3.33. The fraction of sp³-hybridized carbons (Fsp3) is 0.206. The molecule has 0 saturated carbocycles. The Hall–Kier alpha value is -4.78. The average molecular weight is 550 g/mol. The SMILES string of the molecule is CC(CCc1ccccc1)NC(=O)CC(c1ccc(F)cc1)c1cn(Cc2ccccc2)c2ccc([N+](=O)[O-])cc12. The van der Waals surface area contributed by atoms with Gasteiger partial charge in [-0.15, -0.1) is 0 Å². The van der Waals surface area contributed by atoms with Crippen LogP contribution in [0.1, 0.15) is 47.9 Å². The first-order valence-electron chi connectivity index (χ1n) is 13.8. The number of nitrogens with one attached hydrogen (secondary N) is 1. The van der Waals surface area contributed by atoms with Gasteiger partial charge in [-0.25, -0.2) is 4.39 Å². The zero-order valence-electron chi connectivity index (χ0n) is 22.9. The molecule has 7 heteroatoms. The van der Waals surface area contributed by atoms with Gasteiger partial charge in [0.15, 0.2) is 0 Å². The second-order valence-corrected chi connectivity index (χ2v) is 10.5. The van der Waals surface area contributed by atoms with Gasteiger partial charge in [0.25, 0.3) is 5.69 Å². The predicted molar refractivity (Wildman–Crippen MR) is 159 cm³/mol. The van der Waals surface area contributed by atoms with Crippen LogP contribution in [0.4, 0.5) is 10.1 Å². The molecule has 2 atom stereocenters. The minimum atomic E-state index is -0.432. The summed E-state index contributed by atoms with van der Waals surface area (Å²) in [5.41, 5.74) is 4.66. The Kier molecular flexibility index (Phi) is 8.53. The summed E-state index contributed by atoms with van der Waals surface area (Å²) >= 11 is 0. The highest BCUT2D eigenvalue weighted by molar-refractivity contribution is 5.88. The number of fused-ring (bicyclic) bond motifs is 1. The molecular formula is C34H32FN3O3. The monoisotopic (exact) mass is 549 g/mol. The Morgan fingerprint density at radius 3 is 2.24 bits per heavy atom. The quantitative estimate of drug-likeness (QED) is 0.138. The zero-order chi connectivity index (χ0) is 28.8. The van der Waals surface area contributed by atoms with Crippen molar-refractivity contribution >= 4 is 22.5 Å². The molecule has 1 heterocycles. The molecule has 5 rings (SSSR count). The minimum Gasteiger partial charge on any atom is -0.354 e. The molecule has 0 spiro atoms. The number of benzene rings is 4. The molecular weight excluding hydrogens is 517 g/mol. The maximum Gasteiger partial charge on any atom is 0.270 e. The van der Waals surface area contributed by atoms with E-state index in [0.29, 0.717) is 11.9 Å². The minimum absolute atomic E-state index is 0.0203. The van der Waals surface area contributed by atoms with Crippen molar-refractivity contribution < 1.29 is 14.1 Å². The summed E-state index contributed by atoms with van der Waals surface area (Å²) in [5, 5.41) is 15.5. The van der Waals surface area contributed by atoms with Crippen molar-refractivity contribution in [3.8, 4) is 0 Å². The third-order valence-electron chi connectivity index (χ3n) is 7.46. The van der Waals surface area contributed by atoms with Crippen molar-refractivity contribution in [3.05, 3.63) is 148 Å². The van der Waals surface area contributed by atoms with E-state index in [-0.39, 0.29) is 29.9 Å². The third-order valence-corrected chi connectivity index (χ3v) is 7.46. The molecule has 41 heavy (non-hydrogen) atoms. The second-order valence-electron chi connectivity index (χ2n) is 10.5. The number of carbonyl (C=O) groups is 1. The van der Waals surface area contributed by atoms with Crippen molar-refractivity contribution in [2.24, 2.45) is 0 Å². The lowest BCUT2D eigenvalue weighted by atomic mass is 9.87. The summed E-state index contributed by atoms with van der Waals surface area (Å²) in [6.45, 7) is 2.55. The number of non-ortho nitro benzene ring substituents is 1. The first kappa shape index (κ1) is 27.8. The van der Waals surface area contributed by atoms with Crippen LogP contribution in [0.3, 0.4) is 0 Å². The Morgan fingerprint density at radius 2 is 1.59 bits per heavy atom. The summed E-state index contributed by atoms with van der Waals surface area (Å²) < 4.78 is 16.0. The number of amides is 1. The molecule has 6 nitrogen and oxygen atoms in total. The van der Waals surface area contributed by atoms with E-state index in [9.17, 15) is 19.3 Å². The number of aryl methyl sites for hydroxylation is 1.